The lowest BCUT2D eigenvalue weighted by Gasteiger charge is -2.41. The number of rotatable bonds is 5. The van der Waals surface area contributed by atoms with E-state index in [2.05, 4.69) is 5.32 Å². The van der Waals surface area contributed by atoms with Crippen LogP contribution < -0.4 is 10.1 Å². The number of nitrogens with zero attached hydrogens (tertiary/aromatic N) is 1. The molecule has 2 aromatic rings. The third kappa shape index (κ3) is 5.06. The van der Waals surface area contributed by atoms with E-state index in [0.29, 0.717) is 30.8 Å². The van der Waals surface area contributed by atoms with Gasteiger partial charge in [0.15, 0.2) is 6.10 Å². The van der Waals surface area contributed by atoms with Crippen LogP contribution >= 0.6 is 0 Å². The zero-order valence-electron chi connectivity index (χ0n) is 18.9. The number of halogens is 1. The second-order valence-corrected chi connectivity index (χ2v) is 8.97. The van der Waals surface area contributed by atoms with Crippen molar-refractivity contribution in [1.82, 2.24) is 10.2 Å². The van der Waals surface area contributed by atoms with Gasteiger partial charge in [-0.1, -0.05) is 39.0 Å². The number of hydrogen-bond donors (Lipinski definition) is 1. The lowest BCUT2D eigenvalue weighted by atomic mass is 9.85. The van der Waals surface area contributed by atoms with Crippen LogP contribution in [0.4, 0.5) is 4.39 Å². The summed E-state index contributed by atoms with van der Waals surface area (Å²) in [4.78, 5) is 27.2. The molecule has 0 fully saturated rings. The molecule has 31 heavy (non-hydrogen) atoms. The lowest BCUT2D eigenvalue weighted by molar-refractivity contribution is -0.141. The molecule has 1 N–H and O–H groups in total. The second-order valence-electron chi connectivity index (χ2n) is 8.97. The molecule has 1 aliphatic rings. The molecule has 0 radical (unpaired) electrons. The van der Waals surface area contributed by atoms with Gasteiger partial charge in [-0.05, 0) is 61.2 Å². The highest BCUT2D eigenvalue weighted by Crippen LogP contribution is 2.39. The first-order valence-electron chi connectivity index (χ1n) is 10.8. The topological polar surface area (TPSA) is 58.6 Å². The number of benzene rings is 2. The summed E-state index contributed by atoms with van der Waals surface area (Å²) in [6, 6.07) is 11.7. The second kappa shape index (κ2) is 9.08. The Morgan fingerprint density at radius 1 is 1.23 bits per heavy atom. The minimum absolute atomic E-state index is 0.00873. The van der Waals surface area contributed by atoms with Crippen molar-refractivity contribution in [1.29, 1.82) is 0 Å². The molecule has 0 unspecified atom stereocenters. The normalized spacial score (nSPS) is 17.0. The van der Waals surface area contributed by atoms with E-state index in [0.717, 1.165) is 11.1 Å². The molecule has 2 amide bonds. The maximum absolute atomic E-state index is 14.1. The standard InChI is InChI=1S/C25H31FN2O3/c1-6-27-23(29)16(2)31-20-11-10-17-12-13-28(24(30)25(3,4)5)22(21(17)15-20)18-8-7-9-19(26)14-18/h7-11,14-16,22H,6,12-13H2,1-5H3,(H,27,29)/t16-,22+/m0/s1. The molecule has 2 aromatic carbocycles. The summed E-state index contributed by atoms with van der Waals surface area (Å²) in [5.41, 5.74) is 2.14. The maximum Gasteiger partial charge on any atom is 0.260 e. The van der Waals surface area contributed by atoms with Crippen LogP contribution in [0, 0.1) is 11.2 Å². The van der Waals surface area contributed by atoms with Gasteiger partial charge in [0, 0.05) is 18.5 Å². The number of carbonyl (C=O) groups excluding carboxylic acids is 2. The van der Waals surface area contributed by atoms with Crippen molar-refractivity contribution in [2.75, 3.05) is 13.1 Å². The molecule has 0 spiro atoms. The lowest BCUT2D eigenvalue weighted by Crippen LogP contribution is -2.45. The molecule has 0 bridgehead atoms. The SMILES string of the molecule is CCNC(=O)[C@H](C)Oc1ccc2c(c1)[C@@H](c1cccc(F)c1)N(C(=O)C(C)(C)C)CC2. The highest BCUT2D eigenvalue weighted by molar-refractivity contribution is 5.83. The molecule has 166 valence electrons. The zero-order valence-corrected chi connectivity index (χ0v) is 18.9. The minimum atomic E-state index is -0.651. The first-order valence-corrected chi connectivity index (χ1v) is 10.8. The van der Waals surface area contributed by atoms with E-state index in [9.17, 15) is 14.0 Å². The maximum atomic E-state index is 14.1. The van der Waals surface area contributed by atoms with E-state index in [1.807, 2.05) is 56.9 Å². The summed E-state index contributed by atoms with van der Waals surface area (Å²) >= 11 is 0. The fourth-order valence-corrected chi connectivity index (χ4v) is 3.93. The predicted molar refractivity (Wildman–Crippen MR) is 118 cm³/mol. The highest BCUT2D eigenvalue weighted by atomic mass is 19.1. The van der Waals surface area contributed by atoms with E-state index in [1.165, 1.54) is 12.1 Å². The Bertz CT molecular complexity index is 967. The molecule has 3 rings (SSSR count). The quantitative estimate of drug-likeness (QED) is 0.778. The number of ether oxygens (including phenoxy) is 1. The van der Waals surface area contributed by atoms with Crippen LogP contribution in [0.15, 0.2) is 42.5 Å². The third-order valence-electron chi connectivity index (χ3n) is 5.45. The average molecular weight is 427 g/mol. The summed E-state index contributed by atoms with van der Waals surface area (Å²) in [5, 5.41) is 2.75. The molecular weight excluding hydrogens is 395 g/mol. The van der Waals surface area contributed by atoms with Crippen LogP contribution in [0.2, 0.25) is 0 Å². The van der Waals surface area contributed by atoms with Gasteiger partial charge in [0.05, 0.1) is 6.04 Å². The van der Waals surface area contributed by atoms with Crippen LogP contribution in [-0.4, -0.2) is 35.9 Å². The number of nitrogens with one attached hydrogen (secondary N) is 1. The van der Waals surface area contributed by atoms with Crippen molar-refractivity contribution in [3.63, 3.8) is 0 Å². The fraction of sp³-hybridized carbons (Fsp3) is 0.440. The smallest absolute Gasteiger partial charge is 0.260 e. The number of fused-ring (bicyclic) bond motifs is 1. The molecule has 0 saturated carbocycles. The minimum Gasteiger partial charge on any atom is -0.481 e. The Hall–Kier alpha value is -2.89. The first-order chi connectivity index (χ1) is 14.6. The van der Waals surface area contributed by atoms with Crippen LogP contribution in [-0.2, 0) is 16.0 Å². The Labute approximate surface area is 183 Å². The van der Waals surface area contributed by atoms with Gasteiger partial charge in [-0.25, -0.2) is 4.39 Å². The number of hydrogen-bond acceptors (Lipinski definition) is 3. The third-order valence-corrected chi connectivity index (χ3v) is 5.45. The summed E-state index contributed by atoms with van der Waals surface area (Å²) in [6.45, 7) is 10.3. The summed E-state index contributed by atoms with van der Waals surface area (Å²) < 4.78 is 20.0. The predicted octanol–water partition coefficient (Wildman–Crippen LogP) is 4.25. The molecule has 2 atom stereocenters. The van der Waals surface area contributed by atoms with Crippen LogP contribution in [0.25, 0.3) is 0 Å². The molecule has 0 aromatic heterocycles. The van der Waals surface area contributed by atoms with E-state index >= 15 is 0 Å². The Balaban J connectivity index is 2.03. The van der Waals surface area contributed by atoms with Gasteiger partial charge in [-0.3, -0.25) is 9.59 Å². The molecule has 0 aliphatic carbocycles. The van der Waals surface area contributed by atoms with Crippen molar-refractivity contribution in [3.8, 4) is 5.75 Å². The van der Waals surface area contributed by atoms with Crippen molar-refractivity contribution in [3.05, 3.63) is 65.0 Å². The number of likely N-dealkylation sites (N-methyl/N-ethyl adjacent to an activating group) is 1. The summed E-state index contributed by atoms with van der Waals surface area (Å²) in [5.74, 6) is 0.0230. The van der Waals surface area contributed by atoms with Gasteiger partial charge in [0.1, 0.15) is 11.6 Å². The zero-order chi connectivity index (χ0) is 22.8. The van der Waals surface area contributed by atoms with E-state index < -0.39 is 17.6 Å². The molecular formula is C25H31FN2O3. The van der Waals surface area contributed by atoms with Crippen molar-refractivity contribution in [2.45, 2.75) is 53.2 Å². The number of carbonyl (C=O) groups is 2. The van der Waals surface area contributed by atoms with Crippen molar-refractivity contribution < 1.29 is 18.7 Å². The first kappa shape index (κ1) is 22.8. The van der Waals surface area contributed by atoms with Gasteiger partial charge in [-0.15, -0.1) is 0 Å². The molecule has 0 saturated heterocycles. The highest BCUT2D eigenvalue weighted by Gasteiger charge is 2.37. The Morgan fingerprint density at radius 3 is 2.61 bits per heavy atom. The van der Waals surface area contributed by atoms with Gasteiger partial charge in [-0.2, -0.15) is 0 Å². The largest absolute Gasteiger partial charge is 0.481 e. The van der Waals surface area contributed by atoms with Crippen molar-refractivity contribution in [2.24, 2.45) is 5.41 Å². The van der Waals surface area contributed by atoms with Crippen LogP contribution in [0.5, 0.6) is 5.75 Å². The molecule has 1 heterocycles. The van der Waals surface area contributed by atoms with Gasteiger partial charge in [0.2, 0.25) is 5.91 Å². The molecule has 6 heteroatoms. The number of amides is 2. The molecule has 5 nitrogen and oxygen atoms in total. The van der Waals surface area contributed by atoms with Crippen LogP contribution in [0.3, 0.4) is 0 Å². The van der Waals surface area contributed by atoms with E-state index in [1.54, 1.807) is 13.0 Å². The Morgan fingerprint density at radius 2 is 1.97 bits per heavy atom. The summed E-state index contributed by atoms with van der Waals surface area (Å²) in [7, 11) is 0. The molecule has 1 aliphatic heterocycles. The Kier molecular flexibility index (Phi) is 6.68. The van der Waals surface area contributed by atoms with Crippen LogP contribution in [0.1, 0.15) is 57.4 Å². The van der Waals surface area contributed by atoms with E-state index in [4.69, 9.17) is 4.74 Å². The fourth-order valence-electron chi connectivity index (χ4n) is 3.93. The van der Waals surface area contributed by atoms with Gasteiger partial charge < -0.3 is 15.0 Å². The van der Waals surface area contributed by atoms with Crippen molar-refractivity contribution >= 4 is 11.8 Å². The monoisotopic (exact) mass is 426 g/mol. The average Bonchev–Trinajstić information content (AvgIpc) is 2.71. The van der Waals surface area contributed by atoms with Gasteiger partial charge >= 0.3 is 0 Å². The summed E-state index contributed by atoms with van der Waals surface area (Å²) in [6.07, 6.45) is 0.0521. The van der Waals surface area contributed by atoms with Gasteiger partial charge in [0.25, 0.3) is 5.91 Å². The van der Waals surface area contributed by atoms with E-state index in [-0.39, 0.29) is 17.6 Å².